The van der Waals surface area contributed by atoms with E-state index >= 15 is 0 Å². The Morgan fingerprint density at radius 2 is 2.45 bits per heavy atom. The molecule has 4 nitrogen and oxygen atoms in total. The van der Waals surface area contributed by atoms with E-state index < -0.39 is 0 Å². The van der Waals surface area contributed by atoms with Gasteiger partial charge in [0.15, 0.2) is 0 Å². The van der Waals surface area contributed by atoms with Gasteiger partial charge < -0.3 is 10.6 Å². The molecule has 0 bridgehead atoms. The summed E-state index contributed by atoms with van der Waals surface area (Å²) >= 11 is 0. The van der Waals surface area contributed by atoms with Gasteiger partial charge in [0.1, 0.15) is 0 Å². The fourth-order valence-electron chi connectivity index (χ4n) is 1.01. The lowest BCUT2D eigenvalue weighted by Gasteiger charge is -2.08. The molecule has 1 rings (SSSR count). The van der Waals surface area contributed by atoms with Crippen molar-refractivity contribution in [3.05, 3.63) is 0 Å². The van der Waals surface area contributed by atoms with Crippen LogP contribution >= 0.6 is 0 Å². The van der Waals surface area contributed by atoms with E-state index in [1.54, 1.807) is 6.92 Å². The average molecular weight is 156 g/mol. The van der Waals surface area contributed by atoms with Gasteiger partial charge in [-0.3, -0.25) is 0 Å². The monoisotopic (exact) mass is 156 g/mol. The van der Waals surface area contributed by atoms with Crippen molar-refractivity contribution < 1.29 is 9.63 Å². The van der Waals surface area contributed by atoms with Gasteiger partial charge in [-0.15, -0.1) is 0 Å². The Morgan fingerprint density at radius 1 is 1.82 bits per heavy atom. The second kappa shape index (κ2) is 3.00. The largest absolute Gasteiger partial charge is 0.343 e. The second-order valence-electron chi connectivity index (χ2n) is 2.78. The lowest BCUT2D eigenvalue weighted by atomic mass is 9.95. The van der Waals surface area contributed by atoms with E-state index in [0.717, 1.165) is 5.71 Å². The smallest absolute Gasteiger partial charge is 0.330 e. The van der Waals surface area contributed by atoms with Crippen LogP contribution in [0.2, 0.25) is 0 Å². The number of hydrogen-bond donors (Lipinski definition) is 1. The number of hydrogen-bond acceptors (Lipinski definition) is 4. The SMILES string of the molecule is CC(CN)C1=NOC(=O)C1C. The number of nitrogens with two attached hydrogens (primary N) is 1. The zero-order valence-corrected chi connectivity index (χ0v) is 6.70. The molecule has 1 aliphatic rings. The Kier molecular flexibility index (Phi) is 2.24. The highest BCUT2D eigenvalue weighted by molar-refractivity contribution is 6.05. The quantitative estimate of drug-likeness (QED) is 0.578. The molecule has 0 fully saturated rings. The van der Waals surface area contributed by atoms with Gasteiger partial charge in [0.05, 0.1) is 11.6 Å². The molecule has 1 heterocycles. The molecule has 0 aromatic heterocycles. The summed E-state index contributed by atoms with van der Waals surface area (Å²) in [6.07, 6.45) is 0. The molecular weight excluding hydrogens is 144 g/mol. The summed E-state index contributed by atoms with van der Waals surface area (Å²) in [5, 5.41) is 3.66. The second-order valence-corrected chi connectivity index (χ2v) is 2.78. The van der Waals surface area contributed by atoms with Crippen molar-refractivity contribution >= 4 is 11.7 Å². The van der Waals surface area contributed by atoms with Crippen molar-refractivity contribution in [3.8, 4) is 0 Å². The molecule has 2 unspecified atom stereocenters. The molecule has 11 heavy (non-hydrogen) atoms. The molecule has 0 radical (unpaired) electrons. The molecule has 4 heteroatoms. The number of nitrogens with zero attached hydrogens (tertiary/aromatic N) is 1. The first kappa shape index (κ1) is 8.20. The highest BCUT2D eigenvalue weighted by Gasteiger charge is 2.30. The maximum atomic E-state index is 10.8. The molecular formula is C7H12N2O2. The molecule has 0 spiro atoms. The summed E-state index contributed by atoms with van der Waals surface area (Å²) in [6, 6.07) is 0. The minimum atomic E-state index is -0.277. The zero-order chi connectivity index (χ0) is 8.43. The molecule has 0 saturated heterocycles. The lowest BCUT2D eigenvalue weighted by Crippen LogP contribution is -2.26. The van der Waals surface area contributed by atoms with E-state index in [4.69, 9.17) is 5.73 Å². The Balaban J connectivity index is 2.67. The maximum Gasteiger partial charge on any atom is 0.343 e. The Bertz CT molecular complexity index is 201. The van der Waals surface area contributed by atoms with Crippen molar-refractivity contribution in [3.63, 3.8) is 0 Å². The first-order valence-electron chi connectivity index (χ1n) is 3.65. The topological polar surface area (TPSA) is 64.7 Å². The summed E-state index contributed by atoms with van der Waals surface area (Å²) in [5.74, 6) is -0.356. The number of carbonyl (C=O) groups is 1. The van der Waals surface area contributed by atoms with Gasteiger partial charge in [0.2, 0.25) is 0 Å². The third-order valence-electron chi connectivity index (χ3n) is 1.90. The van der Waals surface area contributed by atoms with Crippen LogP contribution in [-0.2, 0) is 9.63 Å². The van der Waals surface area contributed by atoms with Crippen LogP contribution in [0.3, 0.4) is 0 Å². The van der Waals surface area contributed by atoms with Crippen molar-refractivity contribution in [2.45, 2.75) is 13.8 Å². The normalized spacial score (nSPS) is 26.3. The summed E-state index contributed by atoms with van der Waals surface area (Å²) in [6.45, 7) is 4.21. The van der Waals surface area contributed by atoms with Crippen molar-refractivity contribution in [2.24, 2.45) is 22.7 Å². The summed E-state index contributed by atoms with van der Waals surface area (Å²) in [7, 11) is 0. The van der Waals surface area contributed by atoms with Gasteiger partial charge in [-0.05, 0) is 6.92 Å². The zero-order valence-electron chi connectivity index (χ0n) is 6.70. The number of rotatable bonds is 2. The van der Waals surface area contributed by atoms with Crippen LogP contribution in [-0.4, -0.2) is 18.2 Å². The molecule has 1 aliphatic heterocycles. The van der Waals surface area contributed by atoms with Gasteiger partial charge in [-0.25, -0.2) is 4.79 Å². The molecule has 2 atom stereocenters. The lowest BCUT2D eigenvalue weighted by molar-refractivity contribution is -0.142. The van der Waals surface area contributed by atoms with Crippen LogP contribution in [0, 0.1) is 11.8 Å². The van der Waals surface area contributed by atoms with Crippen LogP contribution in [0.1, 0.15) is 13.8 Å². The third-order valence-corrected chi connectivity index (χ3v) is 1.90. The van der Waals surface area contributed by atoms with Crippen LogP contribution in [0.15, 0.2) is 5.16 Å². The minimum absolute atomic E-state index is 0.136. The van der Waals surface area contributed by atoms with E-state index in [1.165, 1.54) is 0 Å². The summed E-state index contributed by atoms with van der Waals surface area (Å²) in [5.41, 5.74) is 6.17. The first-order valence-corrected chi connectivity index (χ1v) is 3.65. The van der Waals surface area contributed by atoms with Gasteiger partial charge in [0, 0.05) is 12.5 Å². The highest BCUT2D eigenvalue weighted by Crippen LogP contribution is 2.16. The summed E-state index contributed by atoms with van der Waals surface area (Å²) in [4.78, 5) is 15.3. The molecule has 0 amide bonds. The fraction of sp³-hybridized carbons (Fsp3) is 0.714. The van der Waals surface area contributed by atoms with Crippen LogP contribution < -0.4 is 5.73 Å². The predicted octanol–water partition coefficient (Wildman–Crippen LogP) is 0.130. The average Bonchev–Trinajstić information content (AvgIpc) is 2.32. The van der Waals surface area contributed by atoms with Crippen molar-refractivity contribution in [1.29, 1.82) is 0 Å². The molecule has 0 saturated carbocycles. The van der Waals surface area contributed by atoms with E-state index in [-0.39, 0.29) is 17.8 Å². The van der Waals surface area contributed by atoms with Crippen molar-refractivity contribution in [2.75, 3.05) is 6.54 Å². The standard InChI is InChI=1S/C7H12N2O2/c1-4(3-8)6-5(2)7(10)11-9-6/h4-5H,3,8H2,1-2H3. The van der Waals surface area contributed by atoms with Crippen LogP contribution in [0.4, 0.5) is 0 Å². The van der Waals surface area contributed by atoms with Crippen molar-refractivity contribution in [1.82, 2.24) is 0 Å². The summed E-state index contributed by atoms with van der Waals surface area (Å²) < 4.78 is 0. The number of carbonyl (C=O) groups excluding carboxylic acids is 1. The highest BCUT2D eigenvalue weighted by atomic mass is 16.7. The molecule has 0 aromatic carbocycles. The van der Waals surface area contributed by atoms with Crippen LogP contribution in [0.25, 0.3) is 0 Å². The van der Waals surface area contributed by atoms with E-state index in [9.17, 15) is 4.79 Å². The van der Waals surface area contributed by atoms with E-state index in [0.29, 0.717) is 6.54 Å². The van der Waals surface area contributed by atoms with Crippen LogP contribution in [0.5, 0.6) is 0 Å². The molecule has 2 N–H and O–H groups in total. The van der Waals surface area contributed by atoms with Gasteiger partial charge >= 0.3 is 5.97 Å². The Labute approximate surface area is 65.4 Å². The molecule has 0 aliphatic carbocycles. The van der Waals surface area contributed by atoms with E-state index in [1.807, 2.05) is 6.92 Å². The first-order chi connectivity index (χ1) is 5.16. The molecule has 62 valence electrons. The Hall–Kier alpha value is -0.900. The number of oxime groups is 1. The van der Waals surface area contributed by atoms with Gasteiger partial charge in [0.25, 0.3) is 0 Å². The maximum absolute atomic E-state index is 10.8. The fourth-order valence-corrected chi connectivity index (χ4v) is 1.01. The van der Waals surface area contributed by atoms with E-state index in [2.05, 4.69) is 9.99 Å². The predicted molar refractivity (Wildman–Crippen MR) is 40.9 cm³/mol. The Morgan fingerprint density at radius 3 is 2.82 bits per heavy atom. The minimum Gasteiger partial charge on any atom is -0.330 e. The third kappa shape index (κ3) is 1.40. The van der Waals surface area contributed by atoms with Gasteiger partial charge in [-0.1, -0.05) is 12.1 Å². The molecule has 0 aromatic rings. The van der Waals surface area contributed by atoms with Gasteiger partial charge in [-0.2, -0.15) is 0 Å².